The van der Waals surface area contributed by atoms with Crippen LogP contribution >= 0.6 is 0 Å². The minimum atomic E-state index is -0.00754. The molecule has 0 unspecified atom stereocenters. The van der Waals surface area contributed by atoms with Crippen LogP contribution in [-0.2, 0) is 5.41 Å². The average molecular weight is 326 g/mol. The summed E-state index contributed by atoms with van der Waals surface area (Å²) < 4.78 is 11.4. The van der Waals surface area contributed by atoms with Gasteiger partial charge in [0.25, 0.3) is 0 Å². The van der Waals surface area contributed by atoms with Crippen LogP contribution in [0.3, 0.4) is 0 Å². The number of ether oxygens (including phenoxy) is 2. The van der Waals surface area contributed by atoms with Crippen LogP contribution in [0.25, 0.3) is 10.8 Å². The van der Waals surface area contributed by atoms with E-state index in [-0.39, 0.29) is 11.2 Å². The number of methoxy groups -OCH3 is 2. The number of hydrogen-bond acceptors (Lipinski definition) is 3. The molecule has 0 saturated heterocycles. The van der Waals surface area contributed by atoms with Crippen molar-refractivity contribution < 1.29 is 14.3 Å². The molecule has 1 aliphatic carbocycles. The van der Waals surface area contributed by atoms with Gasteiger partial charge in [0, 0.05) is 22.9 Å². The molecule has 0 radical (unpaired) electrons. The smallest absolute Gasteiger partial charge is 0.169 e. The Morgan fingerprint density at radius 2 is 1.75 bits per heavy atom. The van der Waals surface area contributed by atoms with Crippen molar-refractivity contribution in [2.75, 3.05) is 14.2 Å². The van der Waals surface area contributed by atoms with E-state index in [2.05, 4.69) is 45.9 Å². The number of carbonyl (C=O) groups is 1. The van der Waals surface area contributed by atoms with Gasteiger partial charge in [-0.2, -0.15) is 0 Å². The number of carbonyl (C=O) groups excluding carboxylic acids is 1. The molecule has 0 amide bonds. The van der Waals surface area contributed by atoms with Gasteiger partial charge in [0.05, 0.1) is 14.2 Å². The molecule has 0 N–H and O–H groups in total. The molecule has 3 nitrogen and oxygen atoms in total. The van der Waals surface area contributed by atoms with Crippen LogP contribution in [0.2, 0.25) is 0 Å². The van der Waals surface area contributed by atoms with Crippen molar-refractivity contribution in [3.63, 3.8) is 0 Å². The quantitative estimate of drug-likeness (QED) is 0.774. The summed E-state index contributed by atoms with van der Waals surface area (Å²) in [5, 5.41) is 1.94. The Morgan fingerprint density at radius 3 is 2.33 bits per heavy atom. The summed E-state index contributed by atoms with van der Waals surface area (Å²) >= 11 is 0. The number of Topliss-reactive ketones (excluding diaryl/α,β-unsaturated/α-hetero) is 1. The molecule has 3 heteroatoms. The first-order chi connectivity index (χ1) is 11.3. The van der Waals surface area contributed by atoms with Gasteiger partial charge in [-0.15, -0.1) is 0 Å². The highest BCUT2D eigenvalue weighted by atomic mass is 16.5. The SMILES string of the molecule is COc1c(C(C)C)cc2ccc3c(c2c1OC)C(=O)CCC3(C)C. The Hall–Kier alpha value is -2.03. The largest absolute Gasteiger partial charge is 0.493 e. The maximum Gasteiger partial charge on any atom is 0.169 e. The summed E-state index contributed by atoms with van der Waals surface area (Å²) in [4.78, 5) is 12.8. The van der Waals surface area contributed by atoms with Gasteiger partial charge >= 0.3 is 0 Å². The van der Waals surface area contributed by atoms with Crippen molar-refractivity contribution in [1.82, 2.24) is 0 Å². The maximum absolute atomic E-state index is 12.8. The number of fused-ring (bicyclic) bond motifs is 3. The lowest BCUT2D eigenvalue weighted by molar-refractivity contribution is 0.0958. The summed E-state index contributed by atoms with van der Waals surface area (Å²) in [7, 11) is 3.32. The lowest BCUT2D eigenvalue weighted by Gasteiger charge is -2.33. The Balaban J connectivity index is 2.48. The van der Waals surface area contributed by atoms with Crippen molar-refractivity contribution in [1.29, 1.82) is 0 Å². The normalized spacial score (nSPS) is 16.4. The highest BCUT2D eigenvalue weighted by Gasteiger charge is 2.34. The van der Waals surface area contributed by atoms with Crippen LogP contribution in [0.5, 0.6) is 11.5 Å². The third kappa shape index (κ3) is 2.38. The zero-order chi connectivity index (χ0) is 17.6. The summed E-state index contributed by atoms with van der Waals surface area (Å²) in [5.41, 5.74) is 3.02. The fraction of sp³-hybridized carbons (Fsp3) is 0.476. The van der Waals surface area contributed by atoms with Crippen LogP contribution in [0.1, 0.15) is 67.9 Å². The van der Waals surface area contributed by atoms with Gasteiger partial charge in [0.1, 0.15) is 0 Å². The molecular formula is C21H26O3. The molecule has 2 aromatic carbocycles. The van der Waals surface area contributed by atoms with Crippen LogP contribution < -0.4 is 9.47 Å². The lowest BCUT2D eigenvalue weighted by atomic mass is 9.71. The minimum absolute atomic E-state index is 0.00754. The Morgan fingerprint density at radius 1 is 1.08 bits per heavy atom. The van der Waals surface area contributed by atoms with E-state index < -0.39 is 0 Å². The predicted octanol–water partition coefficient (Wildman–Crippen LogP) is 5.23. The summed E-state index contributed by atoms with van der Waals surface area (Å²) in [5.74, 6) is 1.93. The first-order valence-electron chi connectivity index (χ1n) is 8.57. The molecule has 0 fully saturated rings. The number of rotatable bonds is 3. The first kappa shape index (κ1) is 16.8. The number of benzene rings is 2. The number of hydrogen-bond donors (Lipinski definition) is 0. The molecule has 0 aromatic heterocycles. The molecule has 2 aromatic rings. The summed E-state index contributed by atoms with van der Waals surface area (Å²) in [6.07, 6.45) is 1.46. The van der Waals surface area contributed by atoms with E-state index in [1.165, 1.54) is 0 Å². The van der Waals surface area contributed by atoms with E-state index in [1.54, 1.807) is 14.2 Å². The van der Waals surface area contributed by atoms with Gasteiger partial charge in [-0.3, -0.25) is 4.79 Å². The van der Waals surface area contributed by atoms with Gasteiger partial charge in [-0.25, -0.2) is 0 Å². The average Bonchev–Trinajstić information content (AvgIpc) is 2.55. The first-order valence-corrected chi connectivity index (χ1v) is 8.57. The third-order valence-corrected chi connectivity index (χ3v) is 5.26. The Bertz CT molecular complexity index is 816. The van der Waals surface area contributed by atoms with Crippen LogP contribution in [-0.4, -0.2) is 20.0 Å². The summed E-state index contributed by atoms with van der Waals surface area (Å²) in [6, 6.07) is 6.36. The van der Waals surface area contributed by atoms with E-state index in [1.807, 2.05) is 0 Å². The highest BCUT2D eigenvalue weighted by molar-refractivity contribution is 6.13. The van der Waals surface area contributed by atoms with E-state index in [4.69, 9.17) is 9.47 Å². The molecule has 24 heavy (non-hydrogen) atoms. The van der Waals surface area contributed by atoms with E-state index in [0.29, 0.717) is 18.1 Å². The standard InChI is InChI=1S/C21H26O3/c1-12(2)14-11-13-7-8-15-18(16(22)9-10-21(15,3)4)17(13)20(24-6)19(14)23-5/h7-8,11-12H,9-10H2,1-6H3. The Labute approximate surface area is 144 Å². The van der Waals surface area contributed by atoms with Gasteiger partial charge in [-0.05, 0) is 34.8 Å². The zero-order valence-corrected chi connectivity index (χ0v) is 15.4. The van der Waals surface area contributed by atoms with E-state index in [0.717, 1.165) is 39.6 Å². The zero-order valence-electron chi connectivity index (χ0n) is 15.4. The molecule has 1 aliphatic rings. The van der Waals surface area contributed by atoms with Gasteiger partial charge in [-0.1, -0.05) is 39.8 Å². The molecule has 0 aliphatic heterocycles. The second-order valence-electron chi connectivity index (χ2n) is 7.58. The van der Waals surface area contributed by atoms with Gasteiger partial charge in [0.15, 0.2) is 17.3 Å². The third-order valence-electron chi connectivity index (χ3n) is 5.26. The van der Waals surface area contributed by atoms with E-state index in [9.17, 15) is 4.79 Å². The number of ketones is 1. The molecule has 0 spiro atoms. The molecule has 3 rings (SSSR count). The molecule has 128 valence electrons. The van der Waals surface area contributed by atoms with Gasteiger partial charge in [0.2, 0.25) is 0 Å². The van der Waals surface area contributed by atoms with Crippen LogP contribution in [0, 0.1) is 0 Å². The van der Waals surface area contributed by atoms with Crippen molar-refractivity contribution >= 4 is 16.6 Å². The van der Waals surface area contributed by atoms with Crippen molar-refractivity contribution in [3.8, 4) is 11.5 Å². The molecule has 0 saturated carbocycles. The summed E-state index contributed by atoms with van der Waals surface area (Å²) in [6.45, 7) is 8.68. The second-order valence-corrected chi connectivity index (χ2v) is 7.58. The van der Waals surface area contributed by atoms with Crippen molar-refractivity contribution in [2.45, 2.75) is 51.9 Å². The van der Waals surface area contributed by atoms with Crippen molar-refractivity contribution in [2.24, 2.45) is 0 Å². The molecule has 0 bridgehead atoms. The second kappa shape index (κ2) is 5.80. The van der Waals surface area contributed by atoms with E-state index >= 15 is 0 Å². The van der Waals surface area contributed by atoms with Gasteiger partial charge < -0.3 is 9.47 Å². The predicted molar refractivity (Wildman–Crippen MR) is 97.7 cm³/mol. The molecular weight excluding hydrogens is 300 g/mol. The monoisotopic (exact) mass is 326 g/mol. The minimum Gasteiger partial charge on any atom is -0.493 e. The lowest BCUT2D eigenvalue weighted by Crippen LogP contribution is -2.27. The van der Waals surface area contributed by atoms with Crippen LogP contribution in [0.15, 0.2) is 18.2 Å². The maximum atomic E-state index is 12.8. The fourth-order valence-electron chi connectivity index (χ4n) is 3.83. The topological polar surface area (TPSA) is 35.5 Å². The Kier molecular flexibility index (Phi) is 4.06. The molecule has 0 atom stereocenters. The fourth-order valence-corrected chi connectivity index (χ4v) is 3.83. The van der Waals surface area contributed by atoms with Crippen molar-refractivity contribution in [3.05, 3.63) is 34.9 Å². The molecule has 0 heterocycles. The van der Waals surface area contributed by atoms with Crippen LogP contribution in [0.4, 0.5) is 0 Å². The highest BCUT2D eigenvalue weighted by Crippen LogP contribution is 2.47.